The first-order chi connectivity index (χ1) is 8.54. The number of hydrogen-bond donors (Lipinski definition) is 1. The first-order valence-electron chi connectivity index (χ1n) is 7.83. The smallest absolute Gasteiger partial charge is 0.00925 e. The van der Waals surface area contributed by atoms with E-state index >= 15 is 0 Å². The molecule has 110 valence electrons. The van der Waals surface area contributed by atoms with Gasteiger partial charge in [0.05, 0.1) is 0 Å². The van der Waals surface area contributed by atoms with Crippen molar-refractivity contribution < 1.29 is 0 Å². The molecular weight excluding hydrogens is 220 g/mol. The molecule has 0 amide bonds. The number of nitrogens with one attached hydrogen (secondary N) is 1. The van der Waals surface area contributed by atoms with E-state index in [1.807, 2.05) is 14.1 Å². The quantitative estimate of drug-likeness (QED) is 0.805. The van der Waals surface area contributed by atoms with Crippen molar-refractivity contribution >= 4 is 0 Å². The minimum Gasteiger partial charge on any atom is -0.323 e. The molecule has 0 heterocycles. The standard InChI is InChI=1S/C14H29N.C2H7N/c1-5-6-13-7-9-14(10-8-13)15(4)11-12(2)3;1-3-2/h12-14H,5-11H2,1-4H3;3H,1-2H3. The van der Waals surface area contributed by atoms with Gasteiger partial charge in [-0.15, -0.1) is 0 Å². The van der Waals surface area contributed by atoms with Crippen molar-refractivity contribution in [3.63, 3.8) is 0 Å². The average Bonchev–Trinajstić information content (AvgIpc) is 2.30. The molecule has 1 aliphatic rings. The van der Waals surface area contributed by atoms with Gasteiger partial charge in [-0.25, -0.2) is 0 Å². The van der Waals surface area contributed by atoms with E-state index in [1.165, 1.54) is 45.1 Å². The molecule has 0 radical (unpaired) electrons. The van der Waals surface area contributed by atoms with Gasteiger partial charge in [0, 0.05) is 12.6 Å². The van der Waals surface area contributed by atoms with Crippen LogP contribution >= 0.6 is 0 Å². The fraction of sp³-hybridized carbons (Fsp3) is 1.00. The fourth-order valence-corrected chi connectivity index (χ4v) is 3.01. The van der Waals surface area contributed by atoms with Crippen molar-refractivity contribution in [1.29, 1.82) is 0 Å². The Morgan fingerprint density at radius 1 is 1.11 bits per heavy atom. The maximum absolute atomic E-state index is 2.75. The Balaban J connectivity index is 0.000000873. The number of rotatable bonds is 5. The first kappa shape index (κ1) is 17.9. The van der Waals surface area contributed by atoms with E-state index in [4.69, 9.17) is 0 Å². The Labute approximate surface area is 116 Å². The Hall–Kier alpha value is -0.0800. The van der Waals surface area contributed by atoms with Crippen LogP contribution in [0.5, 0.6) is 0 Å². The van der Waals surface area contributed by atoms with Crippen LogP contribution < -0.4 is 5.32 Å². The zero-order valence-corrected chi connectivity index (χ0v) is 13.6. The lowest BCUT2D eigenvalue weighted by Gasteiger charge is -2.35. The van der Waals surface area contributed by atoms with Crippen molar-refractivity contribution in [2.75, 3.05) is 27.7 Å². The van der Waals surface area contributed by atoms with Gasteiger partial charge in [-0.3, -0.25) is 0 Å². The molecule has 1 fully saturated rings. The van der Waals surface area contributed by atoms with Gasteiger partial charge in [0.1, 0.15) is 0 Å². The fourth-order valence-electron chi connectivity index (χ4n) is 3.01. The largest absolute Gasteiger partial charge is 0.323 e. The van der Waals surface area contributed by atoms with Gasteiger partial charge in [-0.1, -0.05) is 33.6 Å². The van der Waals surface area contributed by atoms with Crippen molar-refractivity contribution in [2.24, 2.45) is 11.8 Å². The highest BCUT2D eigenvalue weighted by molar-refractivity contribution is 4.78. The number of nitrogens with zero attached hydrogens (tertiary/aromatic N) is 1. The molecule has 0 spiro atoms. The summed E-state index contributed by atoms with van der Waals surface area (Å²) in [6.07, 6.45) is 8.65. The third-order valence-corrected chi connectivity index (χ3v) is 3.79. The number of hydrogen-bond acceptors (Lipinski definition) is 2. The van der Waals surface area contributed by atoms with Crippen molar-refractivity contribution in [3.05, 3.63) is 0 Å². The molecule has 2 heteroatoms. The predicted octanol–water partition coefficient (Wildman–Crippen LogP) is 3.77. The minimum absolute atomic E-state index is 0.809. The predicted molar refractivity (Wildman–Crippen MR) is 83.1 cm³/mol. The van der Waals surface area contributed by atoms with Crippen LogP contribution in [-0.4, -0.2) is 38.6 Å². The molecule has 1 N–H and O–H groups in total. The molecule has 0 unspecified atom stereocenters. The summed E-state index contributed by atoms with van der Waals surface area (Å²) in [5, 5.41) is 2.75. The molecule has 0 saturated heterocycles. The second-order valence-corrected chi connectivity index (χ2v) is 6.30. The van der Waals surface area contributed by atoms with Crippen molar-refractivity contribution in [1.82, 2.24) is 10.2 Å². The van der Waals surface area contributed by atoms with Crippen LogP contribution in [0, 0.1) is 11.8 Å². The molecular formula is C16H36N2. The molecule has 1 aliphatic carbocycles. The normalized spacial score (nSPS) is 24.0. The summed E-state index contributed by atoms with van der Waals surface area (Å²) in [4.78, 5) is 2.59. The van der Waals surface area contributed by atoms with Crippen molar-refractivity contribution in [2.45, 2.75) is 65.3 Å². The summed E-state index contributed by atoms with van der Waals surface area (Å²) >= 11 is 0. The Bertz CT molecular complexity index is 172. The third-order valence-electron chi connectivity index (χ3n) is 3.79. The summed E-state index contributed by atoms with van der Waals surface area (Å²) in [6.45, 7) is 8.22. The molecule has 0 atom stereocenters. The molecule has 1 rings (SSSR count). The first-order valence-corrected chi connectivity index (χ1v) is 7.83. The molecule has 0 aromatic carbocycles. The van der Waals surface area contributed by atoms with Gasteiger partial charge in [-0.05, 0) is 58.7 Å². The van der Waals surface area contributed by atoms with Gasteiger partial charge < -0.3 is 10.2 Å². The van der Waals surface area contributed by atoms with Crippen LogP contribution in [0.2, 0.25) is 0 Å². The van der Waals surface area contributed by atoms with Crippen LogP contribution in [0.25, 0.3) is 0 Å². The zero-order valence-electron chi connectivity index (χ0n) is 13.6. The second-order valence-electron chi connectivity index (χ2n) is 6.30. The highest BCUT2D eigenvalue weighted by atomic mass is 15.1. The lowest BCUT2D eigenvalue weighted by atomic mass is 9.83. The van der Waals surface area contributed by atoms with Gasteiger partial charge in [0.15, 0.2) is 0 Å². The Morgan fingerprint density at radius 2 is 1.61 bits per heavy atom. The summed E-state index contributed by atoms with van der Waals surface area (Å²) in [5.74, 6) is 1.85. The minimum atomic E-state index is 0.809. The molecule has 0 aromatic heterocycles. The maximum Gasteiger partial charge on any atom is 0.00925 e. The molecule has 0 bridgehead atoms. The van der Waals surface area contributed by atoms with E-state index < -0.39 is 0 Å². The van der Waals surface area contributed by atoms with Gasteiger partial charge in [0.25, 0.3) is 0 Å². The highest BCUT2D eigenvalue weighted by Gasteiger charge is 2.23. The van der Waals surface area contributed by atoms with Crippen LogP contribution in [0.4, 0.5) is 0 Å². The van der Waals surface area contributed by atoms with Crippen LogP contribution in [0.15, 0.2) is 0 Å². The zero-order chi connectivity index (χ0) is 14.0. The summed E-state index contributed by atoms with van der Waals surface area (Å²) in [7, 11) is 6.06. The van der Waals surface area contributed by atoms with E-state index in [0.29, 0.717) is 0 Å². The highest BCUT2D eigenvalue weighted by Crippen LogP contribution is 2.30. The lowest BCUT2D eigenvalue weighted by molar-refractivity contribution is 0.148. The van der Waals surface area contributed by atoms with E-state index in [2.05, 4.69) is 38.0 Å². The topological polar surface area (TPSA) is 15.3 Å². The van der Waals surface area contributed by atoms with Gasteiger partial charge in [-0.2, -0.15) is 0 Å². The monoisotopic (exact) mass is 256 g/mol. The second kappa shape index (κ2) is 10.8. The van der Waals surface area contributed by atoms with E-state index in [-0.39, 0.29) is 0 Å². The molecule has 1 saturated carbocycles. The van der Waals surface area contributed by atoms with Crippen molar-refractivity contribution in [3.8, 4) is 0 Å². The molecule has 2 nitrogen and oxygen atoms in total. The lowest BCUT2D eigenvalue weighted by Crippen LogP contribution is -2.37. The molecule has 0 aliphatic heterocycles. The van der Waals surface area contributed by atoms with Crippen LogP contribution in [-0.2, 0) is 0 Å². The van der Waals surface area contributed by atoms with Crippen LogP contribution in [0.1, 0.15) is 59.3 Å². The third kappa shape index (κ3) is 8.10. The average molecular weight is 256 g/mol. The van der Waals surface area contributed by atoms with Gasteiger partial charge in [0.2, 0.25) is 0 Å². The summed E-state index contributed by atoms with van der Waals surface area (Å²) < 4.78 is 0. The Morgan fingerprint density at radius 3 is 2.00 bits per heavy atom. The molecule has 18 heavy (non-hydrogen) atoms. The SMILES string of the molecule is CCCC1CCC(N(C)CC(C)C)CC1.CNC. The maximum atomic E-state index is 2.75. The van der Waals surface area contributed by atoms with E-state index in [0.717, 1.165) is 17.9 Å². The Kier molecular flexibility index (Phi) is 10.8. The summed E-state index contributed by atoms with van der Waals surface area (Å²) in [5.41, 5.74) is 0. The summed E-state index contributed by atoms with van der Waals surface area (Å²) in [6, 6.07) is 0.875. The van der Waals surface area contributed by atoms with Crippen LogP contribution in [0.3, 0.4) is 0 Å². The van der Waals surface area contributed by atoms with Gasteiger partial charge >= 0.3 is 0 Å². The van der Waals surface area contributed by atoms with E-state index in [9.17, 15) is 0 Å². The molecule has 0 aromatic rings. The van der Waals surface area contributed by atoms with E-state index in [1.54, 1.807) is 0 Å².